The van der Waals surface area contributed by atoms with Crippen molar-refractivity contribution in [1.29, 1.82) is 0 Å². The van der Waals surface area contributed by atoms with Crippen LogP contribution in [0.5, 0.6) is 0 Å². The molecule has 144 valence electrons. The number of imide groups is 1. The van der Waals surface area contributed by atoms with E-state index < -0.39 is 0 Å². The van der Waals surface area contributed by atoms with E-state index in [4.69, 9.17) is 8.94 Å². The van der Waals surface area contributed by atoms with Crippen LogP contribution in [0, 0.1) is 6.92 Å². The van der Waals surface area contributed by atoms with Crippen molar-refractivity contribution >= 4 is 28.7 Å². The van der Waals surface area contributed by atoms with Crippen LogP contribution in [0.15, 0.2) is 39.3 Å². The Hall–Kier alpha value is -3.00. The lowest BCUT2D eigenvalue weighted by molar-refractivity contribution is -0.920. The van der Waals surface area contributed by atoms with Crippen LogP contribution in [0.1, 0.15) is 36.8 Å². The third-order valence-electron chi connectivity index (χ3n) is 5.77. The number of nitrogens with one attached hydrogen (secondary N) is 1. The predicted molar refractivity (Wildman–Crippen MR) is 98.8 cm³/mol. The van der Waals surface area contributed by atoms with Crippen molar-refractivity contribution in [3.63, 3.8) is 0 Å². The largest absolute Gasteiger partial charge is 0.440 e. The van der Waals surface area contributed by atoms with E-state index in [1.54, 1.807) is 13.0 Å². The molecule has 0 bridgehead atoms. The Morgan fingerprint density at radius 2 is 1.96 bits per heavy atom. The average Bonchev–Trinajstić information content (AvgIpc) is 3.39. The quantitative estimate of drug-likeness (QED) is 0.686. The number of carbonyl (C=O) groups is 2. The van der Waals surface area contributed by atoms with E-state index in [0.29, 0.717) is 5.76 Å². The zero-order valence-electron chi connectivity index (χ0n) is 15.6. The second kappa shape index (κ2) is 6.56. The summed E-state index contributed by atoms with van der Waals surface area (Å²) in [5.74, 6) is 1.48. The minimum absolute atomic E-state index is 0.186. The van der Waals surface area contributed by atoms with Crippen molar-refractivity contribution in [3.05, 3.63) is 42.0 Å². The standard InChI is InChI=1S/C20H20N4O4/c1-12-10-17(22-28-12)24-18(25)11-15(20(24)26)23-8-6-13(7-9-23)19-21-14-4-2-3-5-16(14)27-19/h2-5,10,13,15H,6-9,11H2,1H3/p+1/t15-/m1/s1. The van der Waals surface area contributed by atoms with Gasteiger partial charge in [0.15, 0.2) is 23.3 Å². The van der Waals surface area contributed by atoms with Gasteiger partial charge in [0.25, 0.3) is 5.91 Å². The Morgan fingerprint density at radius 1 is 1.18 bits per heavy atom. The topological polar surface area (TPSA) is 93.9 Å². The van der Waals surface area contributed by atoms with Gasteiger partial charge in [0.1, 0.15) is 11.3 Å². The number of para-hydroxylation sites is 2. The number of aryl methyl sites for hydroxylation is 1. The van der Waals surface area contributed by atoms with Gasteiger partial charge in [-0.2, -0.15) is 0 Å². The van der Waals surface area contributed by atoms with Crippen molar-refractivity contribution in [2.45, 2.75) is 38.1 Å². The van der Waals surface area contributed by atoms with Crippen LogP contribution >= 0.6 is 0 Å². The number of oxazole rings is 1. The van der Waals surface area contributed by atoms with Gasteiger partial charge in [-0.15, -0.1) is 0 Å². The summed E-state index contributed by atoms with van der Waals surface area (Å²) in [5, 5.41) is 3.83. The average molecular weight is 381 g/mol. The Bertz CT molecular complexity index is 1010. The highest BCUT2D eigenvalue weighted by Gasteiger charge is 2.47. The summed E-state index contributed by atoms with van der Waals surface area (Å²) in [6.07, 6.45) is 1.97. The molecule has 8 nitrogen and oxygen atoms in total. The number of piperidine rings is 1. The van der Waals surface area contributed by atoms with Crippen LogP contribution in [0.4, 0.5) is 5.82 Å². The molecule has 5 rings (SSSR count). The first-order valence-electron chi connectivity index (χ1n) is 9.60. The molecule has 8 heteroatoms. The maximum Gasteiger partial charge on any atom is 0.293 e. The molecular formula is C20H21N4O4+. The lowest BCUT2D eigenvalue weighted by Crippen LogP contribution is -3.17. The van der Waals surface area contributed by atoms with Gasteiger partial charge in [-0.25, -0.2) is 9.88 Å². The Kier molecular flexibility index (Phi) is 4.01. The summed E-state index contributed by atoms with van der Waals surface area (Å²) in [5.41, 5.74) is 1.68. The maximum atomic E-state index is 12.9. The summed E-state index contributed by atoms with van der Waals surface area (Å²) in [7, 11) is 0. The summed E-state index contributed by atoms with van der Waals surface area (Å²) in [6.45, 7) is 3.35. The highest BCUT2D eigenvalue weighted by Crippen LogP contribution is 2.28. The van der Waals surface area contributed by atoms with Gasteiger partial charge in [-0.1, -0.05) is 17.3 Å². The number of quaternary nitrogens is 1. The molecule has 28 heavy (non-hydrogen) atoms. The summed E-state index contributed by atoms with van der Waals surface area (Å²) in [4.78, 5) is 32.2. The van der Waals surface area contributed by atoms with Crippen LogP contribution < -0.4 is 9.80 Å². The van der Waals surface area contributed by atoms with Gasteiger partial charge < -0.3 is 13.8 Å². The van der Waals surface area contributed by atoms with Crippen LogP contribution in [-0.4, -0.2) is 41.1 Å². The molecule has 0 aliphatic carbocycles. The second-order valence-corrected chi connectivity index (χ2v) is 7.57. The van der Waals surface area contributed by atoms with Crippen molar-refractivity contribution < 1.29 is 23.4 Å². The number of likely N-dealkylation sites (tertiary alicyclic amines) is 1. The molecule has 1 atom stereocenters. The lowest BCUT2D eigenvalue weighted by atomic mass is 9.95. The van der Waals surface area contributed by atoms with Crippen molar-refractivity contribution in [2.24, 2.45) is 0 Å². The van der Waals surface area contributed by atoms with Crippen molar-refractivity contribution in [3.8, 4) is 0 Å². The first-order chi connectivity index (χ1) is 13.6. The van der Waals surface area contributed by atoms with Gasteiger partial charge >= 0.3 is 0 Å². The number of benzene rings is 1. The number of anilines is 1. The summed E-state index contributed by atoms with van der Waals surface area (Å²) >= 11 is 0. The first-order valence-corrected chi connectivity index (χ1v) is 9.60. The fourth-order valence-corrected chi connectivity index (χ4v) is 4.30. The molecule has 1 aromatic carbocycles. The summed E-state index contributed by atoms with van der Waals surface area (Å²) < 4.78 is 10.9. The van der Waals surface area contributed by atoms with Gasteiger partial charge in [0, 0.05) is 24.8 Å². The van der Waals surface area contributed by atoms with Crippen LogP contribution in [0.3, 0.4) is 0 Å². The molecule has 0 spiro atoms. The molecule has 2 fully saturated rings. The minimum Gasteiger partial charge on any atom is -0.440 e. The molecule has 2 saturated heterocycles. The number of amides is 2. The van der Waals surface area contributed by atoms with E-state index in [2.05, 4.69) is 10.1 Å². The molecule has 2 aliphatic rings. The predicted octanol–water partition coefficient (Wildman–Crippen LogP) is 1.22. The van der Waals surface area contributed by atoms with E-state index in [0.717, 1.165) is 47.8 Å². The molecule has 4 heterocycles. The van der Waals surface area contributed by atoms with Gasteiger partial charge in [-0.3, -0.25) is 9.59 Å². The number of aromatic nitrogens is 2. The molecule has 0 saturated carbocycles. The third-order valence-corrected chi connectivity index (χ3v) is 5.77. The normalized spacial score (nSPS) is 25.8. The number of carbonyl (C=O) groups excluding carboxylic acids is 2. The van der Waals surface area contributed by atoms with E-state index in [-0.39, 0.29) is 36.0 Å². The van der Waals surface area contributed by atoms with Gasteiger partial charge in [-0.05, 0) is 19.1 Å². The SMILES string of the molecule is Cc1cc(N2C(=O)C[C@@H]([NH+]3CCC(c4nc5ccccc5o4)CC3)C2=O)no1. The van der Waals surface area contributed by atoms with E-state index >= 15 is 0 Å². The van der Waals surface area contributed by atoms with Gasteiger partial charge in [0.2, 0.25) is 5.91 Å². The lowest BCUT2D eigenvalue weighted by Gasteiger charge is -2.30. The molecular weight excluding hydrogens is 360 g/mol. The fraction of sp³-hybridized carbons (Fsp3) is 0.400. The Morgan fingerprint density at radius 3 is 2.68 bits per heavy atom. The molecule has 2 aliphatic heterocycles. The third kappa shape index (κ3) is 2.80. The first kappa shape index (κ1) is 17.1. The second-order valence-electron chi connectivity index (χ2n) is 7.57. The monoisotopic (exact) mass is 381 g/mol. The van der Waals surface area contributed by atoms with E-state index in [1.807, 2.05) is 24.3 Å². The number of fused-ring (bicyclic) bond motifs is 1. The van der Waals surface area contributed by atoms with Crippen LogP contribution in [0.2, 0.25) is 0 Å². The number of rotatable bonds is 3. The molecule has 2 amide bonds. The molecule has 0 radical (unpaired) electrons. The molecule has 3 aromatic rings. The zero-order chi connectivity index (χ0) is 19.3. The number of nitrogens with zero attached hydrogens (tertiary/aromatic N) is 3. The van der Waals surface area contributed by atoms with Crippen molar-refractivity contribution in [2.75, 3.05) is 18.0 Å². The minimum atomic E-state index is -0.353. The molecule has 0 unspecified atom stereocenters. The molecule has 1 N–H and O–H groups in total. The summed E-state index contributed by atoms with van der Waals surface area (Å²) in [6, 6.07) is 9.03. The van der Waals surface area contributed by atoms with E-state index in [1.165, 1.54) is 4.90 Å². The number of hydrogen-bond donors (Lipinski definition) is 1. The van der Waals surface area contributed by atoms with Crippen LogP contribution in [0.25, 0.3) is 11.1 Å². The Balaban J connectivity index is 1.28. The highest BCUT2D eigenvalue weighted by molar-refractivity contribution is 6.21. The molecule has 2 aromatic heterocycles. The van der Waals surface area contributed by atoms with Gasteiger partial charge in [0.05, 0.1) is 19.5 Å². The highest BCUT2D eigenvalue weighted by atomic mass is 16.5. The van der Waals surface area contributed by atoms with E-state index in [9.17, 15) is 9.59 Å². The number of hydrogen-bond acceptors (Lipinski definition) is 6. The zero-order valence-corrected chi connectivity index (χ0v) is 15.6. The van der Waals surface area contributed by atoms with Crippen molar-refractivity contribution in [1.82, 2.24) is 10.1 Å². The maximum absolute atomic E-state index is 12.9. The smallest absolute Gasteiger partial charge is 0.293 e. The Labute approximate surface area is 161 Å². The van der Waals surface area contributed by atoms with Crippen LogP contribution in [-0.2, 0) is 9.59 Å². The fourth-order valence-electron chi connectivity index (χ4n) is 4.30.